The molecule has 0 bridgehead atoms. The quantitative estimate of drug-likeness (QED) is 0.701. The maximum absolute atomic E-state index is 12.0. The highest BCUT2D eigenvalue weighted by Crippen LogP contribution is 2.18. The second kappa shape index (κ2) is 8.10. The summed E-state index contributed by atoms with van der Waals surface area (Å²) in [6, 6.07) is 8.17. The Bertz CT molecular complexity index is 576. The van der Waals surface area contributed by atoms with Crippen LogP contribution in [-0.4, -0.2) is 40.7 Å². The summed E-state index contributed by atoms with van der Waals surface area (Å²) in [5.41, 5.74) is 2.28. The number of aryl methyl sites for hydroxylation is 1. The first-order valence-electron chi connectivity index (χ1n) is 7.18. The van der Waals surface area contributed by atoms with E-state index in [0.717, 1.165) is 17.7 Å². The first-order chi connectivity index (χ1) is 10.2. The van der Waals surface area contributed by atoms with Gasteiger partial charge < -0.3 is 15.4 Å². The van der Waals surface area contributed by atoms with Gasteiger partial charge in [0.05, 0.1) is 0 Å². The molecule has 0 saturated carbocycles. The number of carbonyl (C=O) groups excluding carboxylic acids is 1. The third kappa shape index (κ3) is 4.51. The monoisotopic (exact) mass is 306 g/mol. The van der Waals surface area contributed by atoms with Crippen LogP contribution in [0.2, 0.25) is 0 Å². The van der Waals surface area contributed by atoms with E-state index in [9.17, 15) is 4.79 Å². The van der Waals surface area contributed by atoms with E-state index in [2.05, 4.69) is 16.4 Å². The van der Waals surface area contributed by atoms with Gasteiger partial charge in [-0.3, -0.25) is 4.79 Å². The van der Waals surface area contributed by atoms with Crippen molar-refractivity contribution in [1.29, 1.82) is 0 Å². The van der Waals surface area contributed by atoms with E-state index in [0.29, 0.717) is 12.8 Å². The Kier molecular flexibility index (Phi) is 6.14. The van der Waals surface area contributed by atoms with Gasteiger partial charge >= 0.3 is 0 Å². The summed E-state index contributed by atoms with van der Waals surface area (Å²) < 4.78 is 0. The molecule has 114 valence electrons. The number of H-pyrrole nitrogens is 1. The molecule has 21 heavy (non-hydrogen) atoms. The van der Waals surface area contributed by atoms with Crippen LogP contribution in [0.25, 0.3) is 10.9 Å². The van der Waals surface area contributed by atoms with Crippen molar-refractivity contribution in [2.75, 3.05) is 18.6 Å². The Labute approximate surface area is 129 Å². The fourth-order valence-corrected chi connectivity index (χ4v) is 3.09. The van der Waals surface area contributed by atoms with Crippen molar-refractivity contribution in [1.82, 2.24) is 10.3 Å². The number of nitrogens with one attached hydrogen (secondary N) is 2. The molecule has 0 aliphatic rings. The van der Waals surface area contributed by atoms with E-state index in [1.807, 2.05) is 30.7 Å². The van der Waals surface area contributed by atoms with Crippen molar-refractivity contribution in [3.63, 3.8) is 0 Å². The minimum Gasteiger partial charge on any atom is -0.396 e. The minimum absolute atomic E-state index is 0.0489. The number of para-hydroxylation sites is 1. The van der Waals surface area contributed by atoms with Gasteiger partial charge in [0.1, 0.15) is 0 Å². The largest absolute Gasteiger partial charge is 0.396 e. The Morgan fingerprint density at radius 2 is 2.24 bits per heavy atom. The fraction of sp³-hybridized carbons (Fsp3) is 0.438. The summed E-state index contributed by atoms with van der Waals surface area (Å²) >= 11 is 1.68. The van der Waals surface area contributed by atoms with E-state index < -0.39 is 0 Å². The van der Waals surface area contributed by atoms with Crippen LogP contribution in [0.1, 0.15) is 18.4 Å². The number of fused-ring (bicyclic) bond motifs is 1. The molecule has 0 fully saturated rings. The number of aromatic amines is 1. The normalized spacial score (nSPS) is 12.5. The Morgan fingerprint density at radius 1 is 1.43 bits per heavy atom. The van der Waals surface area contributed by atoms with E-state index in [1.54, 1.807) is 11.8 Å². The molecular weight excluding hydrogens is 284 g/mol. The lowest BCUT2D eigenvalue weighted by Crippen LogP contribution is -2.37. The third-order valence-corrected chi connectivity index (χ3v) is 4.24. The predicted octanol–water partition coefficient (Wildman–Crippen LogP) is 2.33. The van der Waals surface area contributed by atoms with Gasteiger partial charge in [0.25, 0.3) is 0 Å². The number of aliphatic hydroxyl groups excluding tert-OH is 1. The van der Waals surface area contributed by atoms with Crippen molar-refractivity contribution in [2.24, 2.45) is 0 Å². The van der Waals surface area contributed by atoms with Crippen molar-refractivity contribution in [3.8, 4) is 0 Å². The lowest BCUT2D eigenvalue weighted by Gasteiger charge is -2.16. The second-order valence-corrected chi connectivity index (χ2v) is 6.00. The summed E-state index contributed by atoms with van der Waals surface area (Å²) in [6.45, 7) is 0.105. The highest BCUT2D eigenvalue weighted by molar-refractivity contribution is 7.98. The molecule has 5 heteroatoms. The van der Waals surface area contributed by atoms with Crippen LogP contribution in [0.15, 0.2) is 30.5 Å². The van der Waals surface area contributed by atoms with Crippen LogP contribution in [0.4, 0.5) is 0 Å². The molecule has 1 amide bonds. The summed E-state index contributed by atoms with van der Waals surface area (Å²) in [7, 11) is 0. The number of carbonyl (C=O) groups is 1. The molecule has 0 spiro atoms. The van der Waals surface area contributed by atoms with E-state index in [-0.39, 0.29) is 18.6 Å². The zero-order valence-electron chi connectivity index (χ0n) is 12.3. The van der Waals surface area contributed by atoms with Crippen LogP contribution in [0.5, 0.6) is 0 Å². The van der Waals surface area contributed by atoms with Gasteiger partial charge in [0.15, 0.2) is 0 Å². The van der Waals surface area contributed by atoms with Gasteiger partial charge in [0, 0.05) is 41.9 Å². The zero-order chi connectivity index (χ0) is 15.1. The molecule has 4 nitrogen and oxygen atoms in total. The second-order valence-electron chi connectivity index (χ2n) is 5.09. The Morgan fingerprint density at radius 3 is 3.00 bits per heavy atom. The van der Waals surface area contributed by atoms with Gasteiger partial charge in [-0.1, -0.05) is 18.2 Å². The van der Waals surface area contributed by atoms with Crippen molar-refractivity contribution in [2.45, 2.75) is 25.3 Å². The standard InChI is InChI=1S/C16H22N2O2S/c1-21-11-13(8-9-19)18-16(20)7-6-12-10-17-15-5-3-2-4-14(12)15/h2-5,10,13,17,19H,6-9,11H2,1H3,(H,18,20). The molecule has 1 unspecified atom stereocenters. The predicted molar refractivity (Wildman–Crippen MR) is 88.6 cm³/mol. The SMILES string of the molecule is CSCC(CCO)NC(=O)CCc1c[nH]c2ccccc12. The molecule has 1 atom stereocenters. The number of rotatable bonds is 8. The minimum atomic E-state index is 0.0489. The maximum atomic E-state index is 12.0. The maximum Gasteiger partial charge on any atom is 0.220 e. The van der Waals surface area contributed by atoms with Crippen molar-refractivity contribution in [3.05, 3.63) is 36.0 Å². The van der Waals surface area contributed by atoms with Gasteiger partial charge in [-0.05, 0) is 30.7 Å². The van der Waals surface area contributed by atoms with Crippen LogP contribution >= 0.6 is 11.8 Å². The number of thioether (sulfide) groups is 1. The van der Waals surface area contributed by atoms with Gasteiger partial charge in [-0.25, -0.2) is 0 Å². The molecule has 2 aromatic rings. The van der Waals surface area contributed by atoms with E-state index in [4.69, 9.17) is 5.11 Å². The van der Waals surface area contributed by atoms with E-state index in [1.165, 1.54) is 10.9 Å². The Hall–Kier alpha value is -1.46. The van der Waals surface area contributed by atoms with Crippen molar-refractivity contribution >= 4 is 28.6 Å². The Balaban J connectivity index is 1.88. The summed E-state index contributed by atoms with van der Waals surface area (Å²) in [5.74, 6) is 0.882. The summed E-state index contributed by atoms with van der Waals surface area (Å²) in [6.07, 6.45) is 5.78. The van der Waals surface area contributed by atoms with Gasteiger partial charge in [-0.15, -0.1) is 0 Å². The first-order valence-corrected chi connectivity index (χ1v) is 8.58. The van der Waals surface area contributed by atoms with Crippen molar-refractivity contribution < 1.29 is 9.90 Å². The lowest BCUT2D eigenvalue weighted by atomic mass is 10.1. The summed E-state index contributed by atoms with van der Waals surface area (Å²) in [4.78, 5) is 15.2. The number of aliphatic hydroxyl groups is 1. The highest BCUT2D eigenvalue weighted by Gasteiger charge is 2.12. The zero-order valence-corrected chi connectivity index (χ0v) is 13.1. The molecule has 1 aromatic heterocycles. The molecule has 0 radical (unpaired) electrons. The number of hydrogen-bond donors (Lipinski definition) is 3. The molecule has 2 rings (SSSR count). The smallest absolute Gasteiger partial charge is 0.220 e. The third-order valence-electron chi connectivity index (χ3n) is 3.51. The first kappa shape index (κ1) is 15.9. The topological polar surface area (TPSA) is 65.1 Å². The molecule has 0 aliphatic heterocycles. The number of benzene rings is 1. The van der Waals surface area contributed by atoms with Crippen LogP contribution in [0, 0.1) is 0 Å². The average Bonchev–Trinajstić information content (AvgIpc) is 2.89. The molecule has 1 heterocycles. The van der Waals surface area contributed by atoms with E-state index >= 15 is 0 Å². The molecule has 0 saturated heterocycles. The van der Waals surface area contributed by atoms with Gasteiger partial charge in [-0.2, -0.15) is 11.8 Å². The summed E-state index contributed by atoms with van der Waals surface area (Å²) in [5, 5.41) is 13.2. The molecular formula is C16H22N2O2S. The number of hydrogen-bond acceptors (Lipinski definition) is 3. The van der Waals surface area contributed by atoms with Gasteiger partial charge in [0.2, 0.25) is 5.91 Å². The molecule has 0 aliphatic carbocycles. The number of aromatic nitrogens is 1. The fourth-order valence-electron chi connectivity index (χ4n) is 2.44. The van der Waals surface area contributed by atoms with Crippen LogP contribution in [0.3, 0.4) is 0 Å². The molecule has 1 aromatic carbocycles. The van der Waals surface area contributed by atoms with Crippen LogP contribution < -0.4 is 5.32 Å². The average molecular weight is 306 g/mol. The molecule has 3 N–H and O–H groups in total. The van der Waals surface area contributed by atoms with Crippen LogP contribution in [-0.2, 0) is 11.2 Å². The number of amides is 1. The lowest BCUT2D eigenvalue weighted by molar-refractivity contribution is -0.121. The highest BCUT2D eigenvalue weighted by atomic mass is 32.2.